The molecule has 5 nitrogen and oxygen atoms in total. The van der Waals surface area contributed by atoms with Crippen LogP contribution in [0.4, 0.5) is 4.79 Å². The monoisotopic (exact) mass is 361 g/mol. The molecule has 1 heterocycles. The number of piperidine rings is 1. The van der Waals surface area contributed by atoms with E-state index in [1.807, 2.05) is 25.1 Å². The van der Waals surface area contributed by atoms with Crippen LogP contribution in [0.3, 0.4) is 0 Å². The van der Waals surface area contributed by atoms with Crippen molar-refractivity contribution in [3.8, 4) is 5.75 Å². The number of likely N-dealkylation sites (tertiary alicyclic amines) is 1. The Morgan fingerprint density at radius 2 is 2.19 bits per heavy atom. The van der Waals surface area contributed by atoms with Crippen LogP contribution in [0.5, 0.6) is 5.75 Å². The van der Waals surface area contributed by atoms with Crippen LogP contribution in [0.25, 0.3) is 0 Å². The van der Waals surface area contributed by atoms with Gasteiger partial charge in [-0.3, -0.25) is 0 Å². The van der Waals surface area contributed by atoms with Crippen LogP contribution < -0.4 is 15.4 Å². The molecule has 0 spiro atoms. The molecule has 1 fully saturated rings. The SMILES string of the molecule is COc1cccc(CC(C)NC(=O)NCCCCN2CCCCC2C)c1. The zero-order chi connectivity index (χ0) is 18.8. The third-order valence-electron chi connectivity index (χ3n) is 5.15. The first kappa shape index (κ1) is 20.6. The summed E-state index contributed by atoms with van der Waals surface area (Å²) in [5.41, 5.74) is 1.16. The number of amides is 2. The maximum atomic E-state index is 12.0. The van der Waals surface area contributed by atoms with Gasteiger partial charge in [-0.05, 0) is 76.7 Å². The van der Waals surface area contributed by atoms with Gasteiger partial charge in [-0.15, -0.1) is 0 Å². The maximum absolute atomic E-state index is 12.0. The molecule has 2 N–H and O–H groups in total. The van der Waals surface area contributed by atoms with E-state index in [2.05, 4.69) is 28.5 Å². The average Bonchev–Trinajstić information content (AvgIpc) is 2.63. The predicted molar refractivity (Wildman–Crippen MR) is 107 cm³/mol. The number of nitrogens with zero attached hydrogens (tertiary/aromatic N) is 1. The first-order valence-corrected chi connectivity index (χ1v) is 10.00. The van der Waals surface area contributed by atoms with Gasteiger partial charge in [0.15, 0.2) is 0 Å². The van der Waals surface area contributed by atoms with Crippen LogP contribution in [-0.4, -0.2) is 49.8 Å². The van der Waals surface area contributed by atoms with Crippen LogP contribution in [-0.2, 0) is 6.42 Å². The van der Waals surface area contributed by atoms with Gasteiger partial charge in [0, 0.05) is 18.6 Å². The molecule has 2 atom stereocenters. The van der Waals surface area contributed by atoms with Gasteiger partial charge >= 0.3 is 6.03 Å². The van der Waals surface area contributed by atoms with Gasteiger partial charge in [0.2, 0.25) is 0 Å². The molecule has 2 rings (SSSR count). The van der Waals surface area contributed by atoms with Crippen LogP contribution >= 0.6 is 0 Å². The third-order valence-corrected chi connectivity index (χ3v) is 5.15. The maximum Gasteiger partial charge on any atom is 0.315 e. The number of benzene rings is 1. The van der Waals surface area contributed by atoms with Crippen molar-refractivity contribution in [2.45, 2.75) is 64.5 Å². The molecule has 1 aromatic rings. The molecule has 0 radical (unpaired) electrons. The number of carbonyl (C=O) groups excluding carboxylic acids is 1. The van der Waals surface area contributed by atoms with E-state index in [-0.39, 0.29) is 12.1 Å². The summed E-state index contributed by atoms with van der Waals surface area (Å²) in [5, 5.41) is 5.99. The van der Waals surface area contributed by atoms with E-state index in [1.165, 1.54) is 25.8 Å². The van der Waals surface area contributed by atoms with Crippen molar-refractivity contribution in [2.24, 2.45) is 0 Å². The zero-order valence-corrected chi connectivity index (χ0v) is 16.6. The van der Waals surface area contributed by atoms with Crippen molar-refractivity contribution in [2.75, 3.05) is 26.7 Å². The lowest BCUT2D eigenvalue weighted by Gasteiger charge is -2.33. The van der Waals surface area contributed by atoms with Crippen LogP contribution in [0, 0.1) is 0 Å². The molecule has 0 saturated carbocycles. The van der Waals surface area contributed by atoms with E-state index >= 15 is 0 Å². The summed E-state index contributed by atoms with van der Waals surface area (Å²) in [6.45, 7) is 7.47. The molecule has 1 saturated heterocycles. The first-order valence-electron chi connectivity index (χ1n) is 10.00. The van der Waals surface area contributed by atoms with Gasteiger partial charge in [0.25, 0.3) is 0 Å². The summed E-state index contributed by atoms with van der Waals surface area (Å²) in [7, 11) is 1.67. The van der Waals surface area contributed by atoms with E-state index in [9.17, 15) is 4.79 Å². The standard InChI is InChI=1S/C21H35N3O2/c1-17(15-19-10-8-11-20(16-19)26-3)23-21(25)22-12-5-7-14-24-13-6-4-9-18(24)2/h8,10-11,16-18H,4-7,9,12-15H2,1-3H3,(H2,22,23,25). The summed E-state index contributed by atoms with van der Waals surface area (Å²) < 4.78 is 5.24. The van der Waals surface area contributed by atoms with Crippen molar-refractivity contribution in [3.63, 3.8) is 0 Å². The van der Waals surface area contributed by atoms with E-state index < -0.39 is 0 Å². The van der Waals surface area contributed by atoms with Crippen molar-refractivity contribution >= 4 is 6.03 Å². The number of nitrogens with one attached hydrogen (secondary N) is 2. The minimum Gasteiger partial charge on any atom is -0.497 e. The molecule has 5 heteroatoms. The smallest absolute Gasteiger partial charge is 0.315 e. The highest BCUT2D eigenvalue weighted by atomic mass is 16.5. The number of hydrogen-bond acceptors (Lipinski definition) is 3. The lowest BCUT2D eigenvalue weighted by Crippen LogP contribution is -2.42. The second kappa shape index (κ2) is 11.1. The van der Waals surface area contributed by atoms with E-state index in [1.54, 1.807) is 7.11 Å². The number of hydrogen-bond donors (Lipinski definition) is 2. The topological polar surface area (TPSA) is 53.6 Å². The fourth-order valence-electron chi connectivity index (χ4n) is 3.61. The Morgan fingerprint density at radius 1 is 1.35 bits per heavy atom. The fraction of sp³-hybridized carbons (Fsp3) is 0.667. The van der Waals surface area contributed by atoms with Crippen molar-refractivity contribution in [3.05, 3.63) is 29.8 Å². The molecule has 146 valence electrons. The second-order valence-electron chi connectivity index (χ2n) is 7.44. The van der Waals surface area contributed by atoms with Gasteiger partial charge in [0.05, 0.1) is 7.11 Å². The summed E-state index contributed by atoms with van der Waals surface area (Å²) in [5.74, 6) is 0.849. The largest absolute Gasteiger partial charge is 0.497 e. The minimum atomic E-state index is -0.0771. The Balaban J connectivity index is 1.57. The number of unbranched alkanes of at least 4 members (excludes halogenated alkanes) is 1. The molecule has 0 aromatic heterocycles. The summed E-state index contributed by atoms with van der Waals surface area (Å²) in [6.07, 6.45) is 6.98. The van der Waals surface area contributed by atoms with Crippen LogP contribution in [0.15, 0.2) is 24.3 Å². The third kappa shape index (κ3) is 7.24. The van der Waals surface area contributed by atoms with Gasteiger partial charge < -0.3 is 20.3 Å². The zero-order valence-electron chi connectivity index (χ0n) is 16.6. The molecule has 1 aromatic carbocycles. The van der Waals surface area contributed by atoms with Crippen molar-refractivity contribution in [1.82, 2.24) is 15.5 Å². The van der Waals surface area contributed by atoms with Gasteiger partial charge in [0.1, 0.15) is 5.75 Å². The molecule has 1 aliphatic rings. The van der Waals surface area contributed by atoms with Gasteiger partial charge in [-0.2, -0.15) is 0 Å². The molecular formula is C21H35N3O2. The number of rotatable bonds is 9. The molecule has 1 aliphatic heterocycles. The molecule has 2 unspecified atom stereocenters. The van der Waals surface area contributed by atoms with E-state index in [0.29, 0.717) is 0 Å². The summed E-state index contributed by atoms with van der Waals surface area (Å²) in [4.78, 5) is 14.6. The predicted octanol–water partition coefficient (Wildman–Crippen LogP) is 3.58. The van der Waals surface area contributed by atoms with Crippen LogP contribution in [0.2, 0.25) is 0 Å². The quantitative estimate of drug-likeness (QED) is 0.661. The normalized spacial score (nSPS) is 19.0. The van der Waals surface area contributed by atoms with Gasteiger partial charge in [-0.1, -0.05) is 18.6 Å². The first-order chi connectivity index (χ1) is 12.6. The van der Waals surface area contributed by atoms with Crippen molar-refractivity contribution < 1.29 is 9.53 Å². The highest BCUT2D eigenvalue weighted by molar-refractivity contribution is 5.74. The lowest BCUT2D eigenvalue weighted by molar-refractivity contribution is 0.158. The Morgan fingerprint density at radius 3 is 2.96 bits per heavy atom. The Labute approximate surface area is 158 Å². The van der Waals surface area contributed by atoms with Crippen molar-refractivity contribution in [1.29, 1.82) is 0 Å². The number of methoxy groups -OCH3 is 1. The highest BCUT2D eigenvalue weighted by Crippen LogP contribution is 2.16. The molecule has 26 heavy (non-hydrogen) atoms. The van der Waals surface area contributed by atoms with E-state index in [0.717, 1.165) is 49.7 Å². The lowest BCUT2D eigenvalue weighted by atomic mass is 10.0. The minimum absolute atomic E-state index is 0.0771. The molecule has 0 aliphatic carbocycles. The molecular weight excluding hydrogens is 326 g/mol. The number of ether oxygens (including phenoxy) is 1. The van der Waals surface area contributed by atoms with Gasteiger partial charge in [-0.25, -0.2) is 4.79 Å². The average molecular weight is 362 g/mol. The van der Waals surface area contributed by atoms with E-state index in [4.69, 9.17) is 4.74 Å². The Hall–Kier alpha value is -1.75. The summed E-state index contributed by atoms with van der Waals surface area (Å²) in [6, 6.07) is 8.70. The fourth-order valence-corrected chi connectivity index (χ4v) is 3.61. The number of carbonyl (C=O) groups is 1. The Kier molecular flexibility index (Phi) is 8.75. The van der Waals surface area contributed by atoms with Crippen LogP contribution in [0.1, 0.15) is 51.5 Å². The summed E-state index contributed by atoms with van der Waals surface area (Å²) >= 11 is 0. The molecule has 0 bridgehead atoms. The highest BCUT2D eigenvalue weighted by Gasteiger charge is 2.17. The molecule has 2 amide bonds. The second-order valence-corrected chi connectivity index (χ2v) is 7.44. The Bertz CT molecular complexity index is 550. The number of urea groups is 1.